The second-order valence-corrected chi connectivity index (χ2v) is 11.2. The van der Waals surface area contributed by atoms with Gasteiger partial charge in [0.05, 0.1) is 19.0 Å². The van der Waals surface area contributed by atoms with Gasteiger partial charge < -0.3 is 34.8 Å². The van der Waals surface area contributed by atoms with Crippen molar-refractivity contribution in [2.45, 2.75) is 38.2 Å². The van der Waals surface area contributed by atoms with Crippen LogP contribution in [0.5, 0.6) is 0 Å². The third-order valence-corrected chi connectivity index (χ3v) is 8.03. The fourth-order valence-electron chi connectivity index (χ4n) is 3.02. The zero-order chi connectivity index (χ0) is 24.4. The number of nitrogens with two attached hydrogens (primary N) is 1. The van der Waals surface area contributed by atoms with Gasteiger partial charge in [-0.25, -0.2) is 28.6 Å². The molecule has 2 aromatic rings. The molecule has 20 heteroatoms. The van der Waals surface area contributed by atoms with Gasteiger partial charge in [0.2, 0.25) is 0 Å². The van der Waals surface area contributed by atoms with Gasteiger partial charge in [0.25, 0.3) is 0 Å². The summed E-state index contributed by atoms with van der Waals surface area (Å²) in [5, 5.41) is 0. The van der Waals surface area contributed by atoms with Crippen LogP contribution in [0.1, 0.15) is 26.0 Å². The number of hydrogen-bond acceptors (Lipinski definition) is 12. The van der Waals surface area contributed by atoms with Crippen LogP contribution in [-0.4, -0.2) is 64.5 Å². The summed E-state index contributed by atoms with van der Waals surface area (Å²) >= 11 is 0. The Bertz CT molecular complexity index is 1120. The molecule has 3 heterocycles. The molecule has 5 atom stereocenters. The van der Waals surface area contributed by atoms with Crippen molar-refractivity contribution in [3.8, 4) is 0 Å². The molecule has 33 heavy (non-hydrogen) atoms. The SMILES string of the molecule is CCCO[C@@H]1C[C@H](n2cnc3c(N)ncnc32)OC1COP(=O)(O)OP(=O)(O)OP(=O)(O)O. The van der Waals surface area contributed by atoms with Gasteiger partial charge in [0, 0.05) is 13.0 Å². The number of anilines is 1. The van der Waals surface area contributed by atoms with Crippen molar-refractivity contribution in [3.63, 3.8) is 0 Å². The first-order valence-electron chi connectivity index (χ1n) is 9.28. The minimum absolute atomic E-state index is 0.166. The molecule has 0 saturated carbocycles. The second kappa shape index (κ2) is 10.1. The van der Waals surface area contributed by atoms with Crippen LogP contribution in [-0.2, 0) is 36.3 Å². The number of fused-ring (bicyclic) bond motifs is 1. The van der Waals surface area contributed by atoms with E-state index in [1.54, 1.807) is 4.57 Å². The molecular formula is C13H22N5O12P3. The Morgan fingerprint density at radius 2 is 1.88 bits per heavy atom. The summed E-state index contributed by atoms with van der Waals surface area (Å²) in [7, 11) is -16.4. The molecule has 0 amide bonds. The molecule has 6 N–H and O–H groups in total. The fourth-order valence-corrected chi connectivity index (χ4v) is 6.05. The Labute approximate surface area is 186 Å². The predicted molar refractivity (Wildman–Crippen MR) is 108 cm³/mol. The van der Waals surface area contributed by atoms with Crippen LogP contribution in [0.25, 0.3) is 11.2 Å². The highest BCUT2D eigenvalue weighted by atomic mass is 31.3. The molecule has 3 rings (SSSR count). The average molecular weight is 533 g/mol. The highest BCUT2D eigenvalue weighted by Gasteiger charge is 2.43. The topological polar surface area (TPSA) is 248 Å². The van der Waals surface area contributed by atoms with Gasteiger partial charge in [-0.2, -0.15) is 8.62 Å². The van der Waals surface area contributed by atoms with Crippen molar-refractivity contribution >= 4 is 40.4 Å². The first-order valence-corrected chi connectivity index (χ1v) is 13.8. The minimum Gasteiger partial charge on any atom is -0.382 e. The summed E-state index contributed by atoms with van der Waals surface area (Å²) in [6, 6.07) is 0. The Hall–Kier alpha value is -1.32. The van der Waals surface area contributed by atoms with E-state index in [0.717, 1.165) is 0 Å². The van der Waals surface area contributed by atoms with Gasteiger partial charge in [0.1, 0.15) is 24.2 Å². The van der Waals surface area contributed by atoms with E-state index in [0.29, 0.717) is 24.2 Å². The summed E-state index contributed by atoms with van der Waals surface area (Å²) in [5.41, 5.74) is 6.52. The summed E-state index contributed by atoms with van der Waals surface area (Å²) in [5.74, 6) is 0.166. The standard InChI is InChI=1S/C13H22N5O12P3/c1-2-3-26-8-4-10(18-7-17-11-12(14)15-6-16-13(11)18)28-9(8)5-27-32(22,23)30-33(24,25)29-31(19,20)21/h6-10H,2-5H2,1H3,(H,22,23)(H,24,25)(H2,14,15,16)(H2,19,20,21)/t8-,9?,10-/m1/s1. The Kier molecular flexibility index (Phi) is 8.06. The van der Waals surface area contributed by atoms with Crippen LogP contribution in [0.2, 0.25) is 0 Å². The third-order valence-electron chi connectivity index (χ3n) is 4.23. The van der Waals surface area contributed by atoms with E-state index in [1.807, 2.05) is 6.92 Å². The Morgan fingerprint density at radius 1 is 1.15 bits per heavy atom. The summed E-state index contributed by atoms with van der Waals surface area (Å²) < 4.78 is 59.5. The number of nitrogens with zero attached hydrogens (tertiary/aromatic N) is 4. The van der Waals surface area contributed by atoms with Gasteiger partial charge in [-0.1, -0.05) is 6.92 Å². The van der Waals surface area contributed by atoms with Crippen molar-refractivity contribution in [2.24, 2.45) is 0 Å². The van der Waals surface area contributed by atoms with Crippen LogP contribution in [0.15, 0.2) is 12.7 Å². The van der Waals surface area contributed by atoms with E-state index in [9.17, 15) is 23.5 Å². The van der Waals surface area contributed by atoms with Gasteiger partial charge in [0.15, 0.2) is 11.5 Å². The fraction of sp³-hybridized carbons (Fsp3) is 0.615. The van der Waals surface area contributed by atoms with Crippen LogP contribution < -0.4 is 5.73 Å². The summed E-state index contributed by atoms with van der Waals surface area (Å²) in [6.45, 7) is 1.57. The monoisotopic (exact) mass is 533 g/mol. The van der Waals surface area contributed by atoms with E-state index in [2.05, 4.69) is 23.6 Å². The van der Waals surface area contributed by atoms with Gasteiger partial charge in [-0.15, -0.1) is 0 Å². The van der Waals surface area contributed by atoms with E-state index in [1.165, 1.54) is 12.7 Å². The van der Waals surface area contributed by atoms with Gasteiger partial charge in [-0.05, 0) is 6.42 Å². The molecule has 0 aliphatic carbocycles. The van der Waals surface area contributed by atoms with Gasteiger partial charge in [-0.3, -0.25) is 9.09 Å². The van der Waals surface area contributed by atoms with Crippen molar-refractivity contribution < 1.29 is 55.9 Å². The molecule has 0 bridgehead atoms. The maximum Gasteiger partial charge on any atom is 0.490 e. The van der Waals surface area contributed by atoms with E-state index in [-0.39, 0.29) is 12.2 Å². The van der Waals surface area contributed by atoms with Crippen LogP contribution in [0, 0.1) is 0 Å². The highest BCUT2D eigenvalue weighted by Crippen LogP contribution is 2.66. The predicted octanol–water partition coefficient (Wildman–Crippen LogP) is 0.834. The number of ether oxygens (including phenoxy) is 2. The molecule has 1 saturated heterocycles. The zero-order valence-electron chi connectivity index (χ0n) is 17.0. The number of aromatic nitrogens is 4. The van der Waals surface area contributed by atoms with Crippen molar-refractivity contribution in [1.29, 1.82) is 0 Å². The molecule has 2 aromatic heterocycles. The highest BCUT2D eigenvalue weighted by molar-refractivity contribution is 7.66. The number of phosphoric ester groups is 1. The molecule has 3 unspecified atom stereocenters. The zero-order valence-corrected chi connectivity index (χ0v) is 19.7. The summed E-state index contributed by atoms with van der Waals surface area (Å²) in [6.07, 6.45) is 1.37. The van der Waals surface area contributed by atoms with E-state index < -0.39 is 48.5 Å². The van der Waals surface area contributed by atoms with Gasteiger partial charge >= 0.3 is 23.5 Å². The Balaban J connectivity index is 1.71. The quantitative estimate of drug-likeness (QED) is 0.251. The average Bonchev–Trinajstić information content (AvgIpc) is 3.26. The second-order valence-electron chi connectivity index (χ2n) is 6.74. The molecule has 1 aliphatic heterocycles. The number of imidazole rings is 1. The lowest BCUT2D eigenvalue weighted by Gasteiger charge is -2.21. The van der Waals surface area contributed by atoms with Crippen molar-refractivity contribution in [1.82, 2.24) is 19.5 Å². The Morgan fingerprint density at radius 3 is 2.55 bits per heavy atom. The van der Waals surface area contributed by atoms with Crippen LogP contribution >= 0.6 is 23.5 Å². The van der Waals surface area contributed by atoms with Crippen LogP contribution in [0.4, 0.5) is 5.82 Å². The molecule has 186 valence electrons. The number of nitrogen functional groups attached to an aromatic ring is 1. The molecule has 0 radical (unpaired) electrons. The lowest BCUT2D eigenvalue weighted by atomic mass is 10.2. The molecule has 0 spiro atoms. The molecule has 17 nitrogen and oxygen atoms in total. The maximum absolute atomic E-state index is 12.0. The van der Waals surface area contributed by atoms with Crippen LogP contribution in [0.3, 0.4) is 0 Å². The lowest BCUT2D eigenvalue weighted by Crippen LogP contribution is -2.29. The van der Waals surface area contributed by atoms with E-state index >= 15 is 0 Å². The maximum atomic E-state index is 12.0. The first kappa shape index (κ1) is 26.3. The van der Waals surface area contributed by atoms with E-state index in [4.69, 9.17) is 29.5 Å². The normalized spacial score (nSPS) is 25.2. The third kappa shape index (κ3) is 7.09. The molecule has 1 aliphatic rings. The molecular weight excluding hydrogens is 511 g/mol. The number of hydrogen-bond donors (Lipinski definition) is 5. The number of rotatable bonds is 11. The molecule has 1 fully saturated rings. The molecule has 0 aromatic carbocycles. The minimum atomic E-state index is -5.63. The first-order chi connectivity index (χ1) is 15.3. The number of phosphoric acid groups is 3. The lowest BCUT2D eigenvalue weighted by molar-refractivity contribution is -0.0591. The van der Waals surface area contributed by atoms with Crippen molar-refractivity contribution in [3.05, 3.63) is 12.7 Å². The largest absolute Gasteiger partial charge is 0.490 e. The summed E-state index contributed by atoms with van der Waals surface area (Å²) in [4.78, 5) is 48.3. The smallest absolute Gasteiger partial charge is 0.382 e. The van der Waals surface area contributed by atoms with Crippen molar-refractivity contribution in [2.75, 3.05) is 18.9 Å².